The third-order valence-corrected chi connectivity index (χ3v) is 4.08. The Bertz CT molecular complexity index is 827. The fourth-order valence-corrected chi connectivity index (χ4v) is 3.01. The van der Waals surface area contributed by atoms with Gasteiger partial charge in [-0.3, -0.25) is 14.0 Å². The number of hydrogen-bond acceptors (Lipinski definition) is 4. The third-order valence-electron chi connectivity index (χ3n) is 2.85. The van der Waals surface area contributed by atoms with Crippen molar-refractivity contribution in [3.63, 3.8) is 0 Å². The number of nitrogens with zero attached hydrogens (tertiary/aromatic N) is 4. The average Bonchev–Trinajstić information content (AvgIpc) is 3.00. The van der Waals surface area contributed by atoms with Crippen LogP contribution >= 0.6 is 23.4 Å². The van der Waals surface area contributed by atoms with Crippen molar-refractivity contribution in [1.82, 2.24) is 19.3 Å². The Morgan fingerprint density at radius 1 is 1.43 bits per heavy atom. The highest BCUT2D eigenvalue weighted by Gasteiger charge is 2.17. The van der Waals surface area contributed by atoms with E-state index in [-0.39, 0.29) is 5.75 Å². The van der Waals surface area contributed by atoms with Crippen LogP contribution in [0, 0.1) is 0 Å². The Kier molecular flexibility index (Phi) is 3.60. The smallest absolute Gasteiger partial charge is 0.313 e. The van der Waals surface area contributed by atoms with Crippen molar-refractivity contribution in [1.29, 1.82) is 0 Å². The van der Waals surface area contributed by atoms with Crippen molar-refractivity contribution >= 4 is 40.4 Å². The normalized spacial score (nSPS) is 11.1. The molecule has 0 saturated heterocycles. The number of aliphatic carboxylic acids is 1. The lowest BCUT2D eigenvalue weighted by Crippen LogP contribution is -2.03. The first-order valence-corrected chi connectivity index (χ1v) is 7.44. The summed E-state index contributed by atoms with van der Waals surface area (Å²) in [5.41, 5.74) is 1.44. The number of halogens is 1. The summed E-state index contributed by atoms with van der Waals surface area (Å²) in [5, 5.41) is 14.3. The summed E-state index contributed by atoms with van der Waals surface area (Å²) in [6.45, 7) is 0. The van der Waals surface area contributed by atoms with E-state index < -0.39 is 5.97 Å². The number of carboxylic acid groups (broad SMARTS) is 1. The largest absolute Gasteiger partial charge is 0.481 e. The van der Waals surface area contributed by atoms with Crippen molar-refractivity contribution in [3.05, 3.63) is 35.5 Å². The van der Waals surface area contributed by atoms with Crippen LogP contribution in [0.5, 0.6) is 0 Å². The van der Waals surface area contributed by atoms with Crippen LogP contribution in [0.3, 0.4) is 0 Å². The van der Waals surface area contributed by atoms with E-state index in [0.717, 1.165) is 17.3 Å². The number of para-hydroxylation sites is 1. The lowest BCUT2D eigenvalue weighted by Gasteiger charge is -2.05. The number of fused-ring (bicyclic) bond motifs is 1. The number of imidazole rings is 1. The van der Waals surface area contributed by atoms with Crippen LogP contribution in [0.25, 0.3) is 16.9 Å². The molecule has 0 spiro atoms. The number of thioether (sulfide) groups is 1. The van der Waals surface area contributed by atoms with Gasteiger partial charge in [0, 0.05) is 19.3 Å². The molecule has 0 unspecified atom stereocenters. The average molecular weight is 323 g/mol. The Labute approximate surface area is 129 Å². The van der Waals surface area contributed by atoms with E-state index in [9.17, 15) is 4.79 Å². The molecule has 0 fully saturated rings. The Balaban J connectivity index is 2.21. The summed E-state index contributed by atoms with van der Waals surface area (Å²) in [6.07, 6.45) is 1.81. The first-order chi connectivity index (χ1) is 10.1. The first kappa shape index (κ1) is 14.0. The molecule has 2 heterocycles. The lowest BCUT2D eigenvalue weighted by molar-refractivity contribution is -0.133. The summed E-state index contributed by atoms with van der Waals surface area (Å²) < 4.78 is 3.45. The second kappa shape index (κ2) is 5.42. The van der Waals surface area contributed by atoms with Crippen molar-refractivity contribution in [2.24, 2.45) is 7.05 Å². The van der Waals surface area contributed by atoms with E-state index in [4.69, 9.17) is 16.7 Å². The maximum absolute atomic E-state index is 10.8. The van der Waals surface area contributed by atoms with Gasteiger partial charge in [-0.2, -0.15) is 5.10 Å². The number of hydrogen-bond donors (Lipinski definition) is 1. The molecule has 1 aromatic carbocycles. The molecule has 0 atom stereocenters. The molecule has 0 radical (unpaired) electrons. The van der Waals surface area contributed by atoms with Crippen LogP contribution in [0.1, 0.15) is 0 Å². The van der Waals surface area contributed by atoms with Gasteiger partial charge < -0.3 is 5.11 Å². The highest BCUT2D eigenvalue weighted by atomic mass is 35.5. The summed E-state index contributed by atoms with van der Waals surface area (Å²) in [7, 11) is 1.81. The zero-order valence-corrected chi connectivity index (χ0v) is 12.6. The molecule has 0 bridgehead atoms. The first-order valence-electron chi connectivity index (χ1n) is 6.08. The minimum absolute atomic E-state index is 0.0756. The van der Waals surface area contributed by atoms with Crippen LogP contribution in [0.15, 0.2) is 35.6 Å². The molecule has 8 heteroatoms. The van der Waals surface area contributed by atoms with Gasteiger partial charge in [-0.1, -0.05) is 29.4 Å². The SMILES string of the molecule is Cn1ccc(-n2c(SCC(=O)O)nc3cccc(Cl)c32)n1. The van der Waals surface area contributed by atoms with Crippen molar-refractivity contribution in [2.45, 2.75) is 5.16 Å². The molecular weight excluding hydrogens is 312 g/mol. The standard InChI is InChI=1S/C13H11ClN4O2S/c1-17-6-5-10(16-17)18-12-8(14)3-2-4-9(12)15-13(18)21-7-11(19)20/h2-6H,7H2,1H3,(H,19,20). The number of aryl methyl sites for hydroxylation is 1. The Hall–Kier alpha value is -1.99. The van der Waals surface area contributed by atoms with Crippen LogP contribution in [-0.4, -0.2) is 36.2 Å². The molecular formula is C13H11ClN4O2S. The van der Waals surface area contributed by atoms with Gasteiger partial charge in [0.05, 0.1) is 21.8 Å². The molecule has 2 aromatic heterocycles. The maximum atomic E-state index is 10.8. The summed E-state index contributed by atoms with van der Waals surface area (Å²) >= 11 is 7.41. The predicted octanol–water partition coefficient (Wildman–Crippen LogP) is 2.59. The van der Waals surface area contributed by atoms with Crippen molar-refractivity contribution in [2.75, 3.05) is 5.75 Å². The zero-order valence-electron chi connectivity index (χ0n) is 11.0. The van der Waals surface area contributed by atoms with Crippen LogP contribution < -0.4 is 0 Å². The van der Waals surface area contributed by atoms with E-state index >= 15 is 0 Å². The van der Waals surface area contributed by atoms with E-state index in [1.165, 1.54) is 0 Å². The molecule has 3 aromatic rings. The van der Waals surface area contributed by atoms with Crippen LogP contribution in [0.2, 0.25) is 5.02 Å². The summed E-state index contributed by atoms with van der Waals surface area (Å²) in [5.74, 6) is -0.319. The number of benzene rings is 1. The van der Waals surface area contributed by atoms with E-state index in [1.807, 2.05) is 31.4 Å². The van der Waals surface area contributed by atoms with Gasteiger partial charge in [-0.25, -0.2) is 4.98 Å². The second-order valence-electron chi connectivity index (χ2n) is 4.37. The van der Waals surface area contributed by atoms with Gasteiger partial charge in [0.2, 0.25) is 0 Å². The van der Waals surface area contributed by atoms with E-state index in [1.54, 1.807) is 15.3 Å². The number of aromatic nitrogens is 4. The number of carboxylic acids is 1. The van der Waals surface area contributed by atoms with Gasteiger partial charge >= 0.3 is 5.97 Å². The molecule has 1 N–H and O–H groups in total. The Morgan fingerprint density at radius 3 is 2.90 bits per heavy atom. The zero-order chi connectivity index (χ0) is 15.0. The van der Waals surface area contributed by atoms with Crippen molar-refractivity contribution < 1.29 is 9.90 Å². The summed E-state index contributed by atoms with van der Waals surface area (Å²) in [6, 6.07) is 7.25. The predicted molar refractivity (Wildman–Crippen MR) is 81.2 cm³/mol. The fourth-order valence-electron chi connectivity index (χ4n) is 2.02. The molecule has 0 aliphatic carbocycles. The quantitative estimate of drug-likeness (QED) is 0.747. The third kappa shape index (κ3) is 2.62. The lowest BCUT2D eigenvalue weighted by atomic mass is 10.3. The monoisotopic (exact) mass is 322 g/mol. The van der Waals surface area contributed by atoms with Gasteiger partial charge in [0.15, 0.2) is 11.0 Å². The highest BCUT2D eigenvalue weighted by molar-refractivity contribution is 7.99. The van der Waals surface area contributed by atoms with Gasteiger partial charge in [0.1, 0.15) is 0 Å². The summed E-state index contributed by atoms with van der Waals surface area (Å²) in [4.78, 5) is 15.3. The minimum Gasteiger partial charge on any atom is -0.481 e. The van der Waals surface area contributed by atoms with Crippen LogP contribution in [0.4, 0.5) is 0 Å². The molecule has 0 amide bonds. The fraction of sp³-hybridized carbons (Fsp3) is 0.154. The minimum atomic E-state index is -0.897. The van der Waals surface area contributed by atoms with E-state index in [2.05, 4.69) is 10.1 Å². The molecule has 3 rings (SSSR count). The second-order valence-corrected chi connectivity index (χ2v) is 5.72. The molecule has 0 aliphatic rings. The highest BCUT2D eigenvalue weighted by Crippen LogP contribution is 2.31. The molecule has 21 heavy (non-hydrogen) atoms. The van der Waals surface area contributed by atoms with Gasteiger partial charge in [0.25, 0.3) is 0 Å². The molecule has 6 nitrogen and oxygen atoms in total. The van der Waals surface area contributed by atoms with Gasteiger partial charge in [-0.15, -0.1) is 0 Å². The molecule has 0 saturated carbocycles. The molecule has 108 valence electrons. The number of carbonyl (C=O) groups is 1. The van der Waals surface area contributed by atoms with Crippen molar-refractivity contribution in [3.8, 4) is 5.82 Å². The maximum Gasteiger partial charge on any atom is 0.313 e. The van der Waals surface area contributed by atoms with Gasteiger partial charge in [-0.05, 0) is 12.1 Å². The topological polar surface area (TPSA) is 72.9 Å². The van der Waals surface area contributed by atoms with E-state index in [0.29, 0.717) is 21.5 Å². The molecule has 0 aliphatic heterocycles. The van der Waals surface area contributed by atoms with Crippen LogP contribution in [-0.2, 0) is 11.8 Å². The number of rotatable bonds is 4. The Morgan fingerprint density at radius 2 is 2.24 bits per heavy atom.